The number of amides is 1. The second-order valence-corrected chi connectivity index (χ2v) is 17.5. The van der Waals surface area contributed by atoms with Crippen LogP contribution in [0.1, 0.15) is 72.4 Å². The number of nitrogens with zero attached hydrogens (tertiary/aromatic N) is 1. The predicted molar refractivity (Wildman–Crippen MR) is 215 cm³/mol. The van der Waals surface area contributed by atoms with Gasteiger partial charge in [0.2, 0.25) is 0 Å². The van der Waals surface area contributed by atoms with Gasteiger partial charge in [-0.05, 0) is 63.9 Å². The third-order valence-corrected chi connectivity index (χ3v) is 13.4. The molecule has 4 fully saturated rings. The van der Waals surface area contributed by atoms with Crippen LogP contribution in [0.4, 0.5) is 4.79 Å². The normalized spacial score (nSPS) is 38.8. The van der Waals surface area contributed by atoms with Crippen LogP contribution < -0.4 is 10.1 Å². The lowest BCUT2D eigenvalue weighted by Crippen LogP contribution is -2.60. The summed E-state index contributed by atoms with van der Waals surface area (Å²) in [6.07, 6.45) is -5.72. The highest BCUT2D eigenvalue weighted by atomic mass is 16.7. The quantitative estimate of drug-likeness (QED) is 0.247. The molecule has 2 aromatic rings. The van der Waals surface area contributed by atoms with Gasteiger partial charge in [0, 0.05) is 43.4 Å². The standard InChI is InChI=1S/C45H62N2O12/c1-24-22-44(7,54-10)39(58-42-36(50)33(20-25(2)55-42)47(8)23-31-14-12-11-13-15-31)27(4)37(56-34(48)21-30-16-18-32(53-9)19-17-30)28(5)41(51)57-40-29(6)45(40)38(26(3)35(24)49)46-43(52)59-45/h11-19,24-29,33,36-40,42,50H,20-23H2,1-10H3,(H,46,52)/t24-,25-,26+,27+,28-,29?,33+,36-,37+,38-,39-,40-,42+,44+,45+/m1/s1. The summed E-state index contributed by atoms with van der Waals surface area (Å²) in [5.74, 6) is -4.41. The second-order valence-electron chi connectivity index (χ2n) is 17.5. The number of Topliss-reactive ketones (excluding diaryl/α,β-unsaturated/α-hetero) is 1. The van der Waals surface area contributed by atoms with Crippen LogP contribution >= 0.6 is 0 Å². The fraction of sp³-hybridized carbons (Fsp3) is 0.644. The molecule has 3 aliphatic heterocycles. The van der Waals surface area contributed by atoms with E-state index in [2.05, 4.69) is 10.2 Å². The molecule has 2 N–H and O–H groups in total. The number of aliphatic hydroxyl groups is 1. The number of likely N-dealkylation sites (N-methyl/N-ethyl adjacent to an activating group) is 1. The zero-order valence-electron chi connectivity index (χ0n) is 35.9. The summed E-state index contributed by atoms with van der Waals surface area (Å²) in [7, 11) is 5.02. The summed E-state index contributed by atoms with van der Waals surface area (Å²) in [6, 6.07) is 15.9. The molecule has 1 unspecified atom stereocenters. The van der Waals surface area contributed by atoms with Crippen molar-refractivity contribution in [3.05, 3.63) is 65.7 Å². The topological polar surface area (TPSA) is 168 Å². The Morgan fingerprint density at radius 3 is 2.27 bits per heavy atom. The van der Waals surface area contributed by atoms with Crippen molar-refractivity contribution in [2.24, 2.45) is 29.6 Å². The molecule has 0 radical (unpaired) electrons. The number of hydrogen-bond donors (Lipinski definition) is 2. The number of rotatable bonds is 10. The minimum atomic E-state index is -1.28. The van der Waals surface area contributed by atoms with Crippen LogP contribution in [0.2, 0.25) is 0 Å². The average molecular weight is 823 g/mol. The Morgan fingerprint density at radius 1 is 0.949 bits per heavy atom. The van der Waals surface area contributed by atoms with Crippen LogP contribution in [0.25, 0.3) is 0 Å². The van der Waals surface area contributed by atoms with E-state index in [0.717, 1.165) is 5.56 Å². The lowest BCUT2D eigenvalue weighted by Gasteiger charge is -2.48. The van der Waals surface area contributed by atoms with Crippen molar-refractivity contribution in [2.45, 2.75) is 134 Å². The van der Waals surface area contributed by atoms with Gasteiger partial charge in [-0.15, -0.1) is 0 Å². The number of benzene rings is 2. The Balaban J connectivity index is 1.37. The van der Waals surface area contributed by atoms with Gasteiger partial charge >= 0.3 is 18.0 Å². The highest BCUT2D eigenvalue weighted by Gasteiger charge is 2.77. The highest BCUT2D eigenvalue weighted by Crippen LogP contribution is 2.56. The van der Waals surface area contributed by atoms with Crippen molar-refractivity contribution in [3.63, 3.8) is 0 Å². The fourth-order valence-electron chi connectivity index (χ4n) is 9.81. The number of methoxy groups -OCH3 is 2. The number of aliphatic hydroxyl groups excluding tert-OH is 1. The van der Waals surface area contributed by atoms with E-state index < -0.39 is 95.6 Å². The molecule has 0 aromatic heterocycles. The van der Waals surface area contributed by atoms with Crippen LogP contribution in [0.3, 0.4) is 0 Å². The number of carbonyl (C=O) groups is 4. The molecule has 59 heavy (non-hydrogen) atoms. The smallest absolute Gasteiger partial charge is 0.408 e. The van der Waals surface area contributed by atoms with Crippen LogP contribution in [-0.2, 0) is 55.8 Å². The van der Waals surface area contributed by atoms with Gasteiger partial charge in [-0.25, -0.2) is 4.79 Å². The first-order valence-corrected chi connectivity index (χ1v) is 20.8. The summed E-state index contributed by atoms with van der Waals surface area (Å²) in [5.41, 5.74) is -0.756. The van der Waals surface area contributed by atoms with Crippen molar-refractivity contribution < 1.29 is 57.4 Å². The molecule has 14 nitrogen and oxygen atoms in total. The number of ketones is 1. The monoisotopic (exact) mass is 822 g/mol. The van der Waals surface area contributed by atoms with Crippen LogP contribution in [0, 0.1) is 29.6 Å². The van der Waals surface area contributed by atoms with Gasteiger partial charge in [0.25, 0.3) is 0 Å². The summed E-state index contributed by atoms with van der Waals surface area (Å²) < 4.78 is 43.1. The Bertz CT molecular complexity index is 1810. The van der Waals surface area contributed by atoms with E-state index in [9.17, 15) is 24.3 Å². The molecule has 1 aliphatic carbocycles. The van der Waals surface area contributed by atoms with E-state index in [1.165, 1.54) is 7.11 Å². The Morgan fingerprint density at radius 2 is 1.63 bits per heavy atom. The van der Waals surface area contributed by atoms with Gasteiger partial charge in [-0.1, -0.05) is 70.2 Å². The van der Waals surface area contributed by atoms with Crippen molar-refractivity contribution in [1.29, 1.82) is 0 Å². The fourth-order valence-corrected chi connectivity index (χ4v) is 9.81. The first-order valence-electron chi connectivity index (χ1n) is 20.8. The van der Waals surface area contributed by atoms with Gasteiger partial charge in [0.05, 0.1) is 43.3 Å². The lowest BCUT2D eigenvalue weighted by atomic mass is 9.75. The third kappa shape index (κ3) is 9.02. The lowest BCUT2D eigenvalue weighted by molar-refractivity contribution is -0.302. The molecule has 1 amide bonds. The van der Waals surface area contributed by atoms with Crippen molar-refractivity contribution in [3.8, 4) is 5.75 Å². The van der Waals surface area contributed by atoms with Crippen molar-refractivity contribution in [1.82, 2.24) is 10.2 Å². The third-order valence-electron chi connectivity index (χ3n) is 13.4. The predicted octanol–water partition coefficient (Wildman–Crippen LogP) is 4.86. The van der Waals surface area contributed by atoms with Crippen LogP contribution in [0.15, 0.2) is 54.6 Å². The summed E-state index contributed by atoms with van der Waals surface area (Å²) in [6.45, 7) is 13.1. The van der Waals surface area contributed by atoms with E-state index in [1.807, 2.05) is 58.2 Å². The SMILES string of the molecule is COc1ccc(CC(=O)O[C@H]2[C@H](C)[C@@H](O[C@@H]3O[C@H](C)C[C@H](N(C)Cc4ccccc4)[C@H]3O)[C@@](C)(OC)C[C@@H](C)C(=O)[C@H](C)[C@H]3NC(=O)O[C@@]34C(C)[C@H]4OC(=O)[C@@H]2C)cc1. The number of nitrogens with one attached hydrogen (secondary N) is 1. The molecule has 6 rings (SSSR count). The van der Waals surface area contributed by atoms with E-state index in [-0.39, 0.29) is 30.8 Å². The number of hydrogen-bond acceptors (Lipinski definition) is 13. The van der Waals surface area contributed by atoms with Crippen molar-refractivity contribution in [2.75, 3.05) is 21.3 Å². The number of ether oxygens (including phenoxy) is 7. The first kappa shape index (κ1) is 44.5. The summed E-state index contributed by atoms with van der Waals surface area (Å²) in [4.78, 5) is 57.4. The number of alkyl carbamates (subject to hydrolysis) is 1. The molecule has 4 aliphatic rings. The Hall–Kier alpha value is -4.08. The van der Waals surface area contributed by atoms with E-state index in [4.69, 9.17) is 33.2 Å². The number of esters is 2. The van der Waals surface area contributed by atoms with E-state index >= 15 is 0 Å². The largest absolute Gasteiger partial charge is 0.497 e. The van der Waals surface area contributed by atoms with Gasteiger partial charge in [0.1, 0.15) is 23.7 Å². The zero-order valence-corrected chi connectivity index (χ0v) is 35.9. The maximum absolute atomic E-state index is 14.4. The molecular formula is C45H62N2O12. The molecule has 15 atom stereocenters. The first-order chi connectivity index (χ1) is 27.9. The molecule has 14 heteroatoms. The van der Waals surface area contributed by atoms with E-state index in [0.29, 0.717) is 24.3 Å². The van der Waals surface area contributed by atoms with Gasteiger partial charge in [0.15, 0.2) is 18.0 Å². The summed E-state index contributed by atoms with van der Waals surface area (Å²) in [5, 5.41) is 14.9. The highest BCUT2D eigenvalue weighted by molar-refractivity contribution is 5.86. The van der Waals surface area contributed by atoms with Gasteiger partial charge in [-0.2, -0.15) is 0 Å². The Kier molecular flexibility index (Phi) is 13.5. The molecule has 1 saturated carbocycles. The van der Waals surface area contributed by atoms with Crippen molar-refractivity contribution >= 4 is 23.8 Å². The molecule has 3 heterocycles. The van der Waals surface area contributed by atoms with Gasteiger partial charge < -0.3 is 43.6 Å². The zero-order chi connectivity index (χ0) is 43.0. The maximum Gasteiger partial charge on any atom is 0.408 e. The second kappa shape index (κ2) is 17.9. The van der Waals surface area contributed by atoms with Gasteiger partial charge in [-0.3, -0.25) is 19.3 Å². The molecule has 0 bridgehead atoms. The minimum absolute atomic E-state index is 0.102. The minimum Gasteiger partial charge on any atom is -0.497 e. The Labute approximate surface area is 347 Å². The summed E-state index contributed by atoms with van der Waals surface area (Å²) >= 11 is 0. The average Bonchev–Trinajstić information content (AvgIpc) is 3.56. The maximum atomic E-state index is 14.4. The molecule has 2 aromatic carbocycles. The molecular weight excluding hydrogens is 760 g/mol. The number of carbonyl (C=O) groups excluding carboxylic acids is 4. The van der Waals surface area contributed by atoms with Crippen LogP contribution in [-0.4, -0.2) is 115 Å². The molecule has 1 spiro atoms. The van der Waals surface area contributed by atoms with Crippen LogP contribution in [0.5, 0.6) is 5.75 Å². The molecule has 324 valence electrons. The van der Waals surface area contributed by atoms with E-state index in [1.54, 1.807) is 59.1 Å². The molecule has 3 saturated heterocycles.